The highest BCUT2D eigenvalue weighted by atomic mass is 16.2. The molecular formula is C16H25N3O2. The lowest BCUT2D eigenvalue weighted by molar-refractivity contribution is -0.115. The summed E-state index contributed by atoms with van der Waals surface area (Å²) in [5.74, 6) is -0.311. The number of carbonyl (C=O) groups excluding carboxylic acids is 2. The molecule has 5 heteroatoms. The first-order valence-corrected chi connectivity index (χ1v) is 7.48. The fraction of sp³-hybridized carbons (Fsp3) is 0.500. The lowest BCUT2D eigenvalue weighted by Crippen LogP contribution is -2.33. The van der Waals surface area contributed by atoms with Crippen molar-refractivity contribution in [3.8, 4) is 0 Å². The van der Waals surface area contributed by atoms with Gasteiger partial charge in [0.2, 0.25) is 5.91 Å². The van der Waals surface area contributed by atoms with Crippen LogP contribution in [0, 0.1) is 0 Å². The quantitative estimate of drug-likeness (QED) is 0.643. The van der Waals surface area contributed by atoms with Crippen LogP contribution >= 0.6 is 0 Å². The van der Waals surface area contributed by atoms with E-state index >= 15 is 0 Å². The second-order valence-electron chi connectivity index (χ2n) is 5.05. The number of nitrogens with one attached hydrogen (secondary N) is 3. The summed E-state index contributed by atoms with van der Waals surface area (Å²) in [4.78, 5) is 24.0. The van der Waals surface area contributed by atoms with Gasteiger partial charge in [-0.05, 0) is 38.4 Å². The van der Waals surface area contributed by atoms with Gasteiger partial charge in [0.25, 0.3) is 5.91 Å². The number of anilines is 1. The Hall–Kier alpha value is -1.88. The Morgan fingerprint density at radius 1 is 1.19 bits per heavy atom. The highest BCUT2D eigenvalue weighted by molar-refractivity contribution is 6.04. The van der Waals surface area contributed by atoms with Crippen LogP contribution in [0.2, 0.25) is 0 Å². The molecule has 3 N–H and O–H groups in total. The fourth-order valence-electron chi connectivity index (χ4n) is 1.77. The van der Waals surface area contributed by atoms with Crippen LogP contribution in [0.1, 0.15) is 44.0 Å². The summed E-state index contributed by atoms with van der Waals surface area (Å²) in [6.07, 6.45) is 1.84. The van der Waals surface area contributed by atoms with Gasteiger partial charge in [-0.1, -0.05) is 26.0 Å². The van der Waals surface area contributed by atoms with Crippen LogP contribution in [-0.4, -0.2) is 30.9 Å². The molecule has 1 aromatic rings. The molecule has 0 saturated carbocycles. The van der Waals surface area contributed by atoms with E-state index in [1.165, 1.54) is 0 Å². The lowest BCUT2D eigenvalue weighted by atomic mass is 10.1. The predicted octanol–water partition coefficient (Wildman–Crippen LogP) is 2.15. The van der Waals surface area contributed by atoms with Crippen LogP contribution < -0.4 is 16.0 Å². The van der Waals surface area contributed by atoms with Crippen LogP contribution in [0.5, 0.6) is 0 Å². The van der Waals surface area contributed by atoms with E-state index in [9.17, 15) is 9.59 Å². The summed E-state index contributed by atoms with van der Waals surface area (Å²) in [6.45, 7) is 7.05. The molecule has 0 heterocycles. The summed E-state index contributed by atoms with van der Waals surface area (Å²) >= 11 is 0. The van der Waals surface area contributed by atoms with E-state index in [2.05, 4.69) is 16.0 Å². The zero-order valence-corrected chi connectivity index (χ0v) is 13.0. The minimum atomic E-state index is -0.165. The smallest absolute Gasteiger partial charge is 0.253 e. The molecule has 116 valence electrons. The second kappa shape index (κ2) is 9.13. The Kier molecular flexibility index (Phi) is 7.46. The van der Waals surface area contributed by atoms with Gasteiger partial charge < -0.3 is 16.0 Å². The summed E-state index contributed by atoms with van der Waals surface area (Å²) in [7, 11) is 0. The number of carbonyl (C=O) groups is 2. The summed E-state index contributed by atoms with van der Waals surface area (Å²) in [6, 6.07) is 7.15. The molecule has 0 radical (unpaired) electrons. The average molecular weight is 291 g/mol. The van der Waals surface area contributed by atoms with E-state index in [4.69, 9.17) is 0 Å². The Morgan fingerprint density at radius 2 is 1.90 bits per heavy atom. The van der Waals surface area contributed by atoms with Crippen molar-refractivity contribution in [1.29, 1.82) is 0 Å². The normalized spacial score (nSPS) is 11.8. The number of hydrogen-bond donors (Lipinski definition) is 3. The molecule has 0 aliphatic rings. The third-order valence-electron chi connectivity index (χ3n) is 3.15. The van der Waals surface area contributed by atoms with Crippen LogP contribution in [0.15, 0.2) is 24.3 Å². The van der Waals surface area contributed by atoms with E-state index in [0.29, 0.717) is 11.3 Å². The molecule has 21 heavy (non-hydrogen) atoms. The Labute approximate surface area is 126 Å². The van der Waals surface area contributed by atoms with Crippen molar-refractivity contribution in [3.63, 3.8) is 0 Å². The zero-order valence-electron chi connectivity index (χ0n) is 13.0. The average Bonchev–Trinajstić information content (AvgIpc) is 2.47. The molecule has 0 aliphatic heterocycles. The van der Waals surface area contributed by atoms with Gasteiger partial charge in [-0.2, -0.15) is 0 Å². The fourth-order valence-corrected chi connectivity index (χ4v) is 1.77. The first-order valence-electron chi connectivity index (χ1n) is 7.48. The number of para-hydroxylation sites is 1. The SMILES string of the molecule is CCCNCC(=O)Nc1ccccc1C(=O)NC(C)CC. The first kappa shape index (κ1) is 17.2. The van der Waals surface area contributed by atoms with Crippen molar-refractivity contribution in [2.24, 2.45) is 0 Å². The van der Waals surface area contributed by atoms with Crippen molar-refractivity contribution in [1.82, 2.24) is 10.6 Å². The highest BCUT2D eigenvalue weighted by Crippen LogP contribution is 2.15. The maximum atomic E-state index is 12.2. The van der Waals surface area contributed by atoms with Crippen molar-refractivity contribution in [3.05, 3.63) is 29.8 Å². The molecule has 0 spiro atoms. The molecule has 0 aromatic heterocycles. The van der Waals surface area contributed by atoms with Crippen molar-refractivity contribution >= 4 is 17.5 Å². The van der Waals surface area contributed by atoms with Crippen molar-refractivity contribution in [2.75, 3.05) is 18.4 Å². The number of amides is 2. The van der Waals surface area contributed by atoms with Gasteiger partial charge >= 0.3 is 0 Å². The number of benzene rings is 1. The van der Waals surface area contributed by atoms with Gasteiger partial charge in [-0.25, -0.2) is 0 Å². The Morgan fingerprint density at radius 3 is 2.57 bits per heavy atom. The standard InChI is InChI=1S/C16H25N3O2/c1-4-10-17-11-15(20)19-14-9-7-6-8-13(14)16(21)18-12(3)5-2/h6-9,12,17H,4-5,10-11H2,1-3H3,(H,18,21)(H,19,20). The van der Waals surface area contributed by atoms with E-state index in [-0.39, 0.29) is 24.4 Å². The molecule has 1 rings (SSSR count). The van der Waals surface area contributed by atoms with E-state index in [1.54, 1.807) is 24.3 Å². The van der Waals surface area contributed by atoms with Crippen molar-refractivity contribution < 1.29 is 9.59 Å². The van der Waals surface area contributed by atoms with Gasteiger partial charge in [-0.15, -0.1) is 0 Å². The first-order chi connectivity index (χ1) is 10.1. The third-order valence-corrected chi connectivity index (χ3v) is 3.15. The largest absolute Gasteiger partial charge is 0.350 e. The van der Waals surface area contributed by atoms with Crippen LogP contribution in [0.3, 0.4) is 0 Å². The molecule has 2 amide bonds. The predicted molar refractivity (Wildman–Crippen MR) is 85.5 cm³/mol. The molecule has 0 bridgehead atoms. The van der Waals surface area contributed by atoms with Gasteiger partial charge in [0.15, 0.2) is 0 Å². The van der Waals surface area contributed by atoms with E-state index in [1.807, 2.05) is 20.8 Å². The molecule has 1 atom stereocenters. The van der Waals surface area contributed by atoms with Gasteiger partial charge in [-0.3, -0.25) is 9.59 Å². The van der Waals surface area contributed by atoms with Gasteiger partial charge in [0.1, 0.15) is 0 Å². The highest BCUT2D eigenvalue weighted by Gasteiger charge is 2.14. The number of hydrogen-bond acceptors (Lipinski definition) is 3. The summed E-state index contributed by atoms with van der Waals surface area (Å²) in [5.41, 5.74) is 1.03. The molecule has 0 fully saturated rings. The molecular weight excluding hydrogens is 266 g/mol. The van der Waals surface area contributed by atoms with E-state index in [0.717, 1.165) is 19.4 Å². The van der Waals surface area contributed by atoms with Crippen LogP contribution in [0.25, 0.3) is 0 Å². The van der Waals surface area contributed by atoms with Gasteiger partial charge in [0, 0.05) is 6.04 Å². The maximum Gasteiger partial charge on any atom is 0.253 e. The third kappa shape index (κ3) is 5.95. The lowest BCUT2D eigenvalue weighted by Gasteiger charge is -2.14. The van der Waals surface area contributed by atoms with E-state index < -0.39 is 0 Å². The Balaban J connectivity index is 2.70. The van der Waals surface area contributed by atoms with Crippen LogP contribution in [0.4, 0.5) is 5.69 Å². The summed E-state index contributed by atoms with van der Waals surface area (Å²) < 4.78 is 0. The molecule has 0 aliphatic carbocycles. The molecule has 1 unspecified atom stereocenters. The summed E-state index contributed by atoms with van der Waals surface area (Å²) in [5, 5.41) is 8.72. The zero-order chi connectivity index (χ0) is 15.7. The Bertz CT molecular complexity index is 474. The van der Waals surface area contributed by atoms with Gasteiger partial charge in [0.05, 0.1) is 17.8 Å². The topological polar surface area (TPSA) is 70.2 Å². The molecule has 1 aromatic carbocycles. The van der Waals surface area contributed by atoms with Crippen LogP contribution in [-0.2, 0) is 4.79 Å². The maximum absolute atomic E-state index is 12.2. The minimum Gasteiger partial charge on any atom is -0.350 e. The number of rotatable bonds is 8. The molecule has 5 nitrogen and oxygen atoms in total. The second-order valence-corrected chi connectivity index (χ2v) is 5.05. The van der Waals surface area contributed by atoms with Crippen molar-refractivity contribution in [2.45, 2.75) is 39.7 Å². The molecule has 0 saturated heterocycles. The monoisotopic (exact) mass is 291 g/mol. The minimum absolute atomic E-state index is 0.104.